The average Bonchev–Trinajstić information content (AvgIpc) is 2.61. The number of aliphatic hydroxyl groups is 1. The van der Waals surface area contributed by atoms with Gasteiger partial charge >= 0.3 is 0 Å². The van der Waals surface area contributed by atoms with Crippen LogP contribution >= 0.6 is 0 Å². The molecule has 114 valence electrons. The third-order valence-electron chi connectivity index (χ3n) is 6.86. The number of β-amino-alcohol motifs (C(OH)–C–C–N with tert-alkyl or cyclic N) is 1. The summed E-state index contributed by atoms with van der Waals surface area (Å²) in [6.07, 6.45) is 15.8. The van der Waals surface area contributed by atoms with Crippen LogP contribution in [-0.2, 0) is 0 Å². The predicted octanol–water partition coefficient (Wildman–Crippen LogP) is 3.63. The lowest BCUT2D eigenvalue weighted by Gasteiger charge is -2.57. The van der Waals surface area contributed by atoms with E-state index in [2.05, 4.69) is 5.32 Å². The Labute approximate surface area is 123 Å². The second-order valence-electron chi connectivity index (χ2n) is 8.69. The Morgan fingerprint density at radius 3 is 1.80 bits per heavy atom. The molecule has 0 saturated heterocycles. The zero-order chi connectivity index (χ0) is 13.6. The Balaban J connectivity index is 1.41. The number of nitrogens with one attached hydrogen (secondary N) is 1. The predicted molar refractivity (Wildman–Crippen MR) is 81.6 cm³/mol. The third kappa shape index (κ3) is 2.54. The van der Waals surface area contributed by atoms with Gasteiger partial charge in [0.15, 0.2) is 0 Å². The molecule has 0 heterocycles. The lowest BCUT2D eigenvalue weighted by Crippen LogP contribution is -2.61. The van der Waals surface area contributed by atoms with E-state index in [1.807, 2.05) is 0 Å². The summed E-state index contributed by atoms with van der Waals surface area (Å²) in [7, 11) is 0. The highest BCUT2D eigenvalue weighted by Gasteiger charge is 2.51. The van der Waals surface area contributed by atoms with Gasteiger partial charge in [0.25, 0.3) is 0 Å². The Kier molecular flexibility index (Phi) is 3.38. The molecule has 20 heavy (non-hydrogen) atoms. The minimum Gasteiger partial charge on any atom is -0.389 e. The molecule has 5 saturated carbocycles. The molecule has 0 unspecified atom stereocenters. The van der Waals surface area contributed by atoms with Crippen LogP contribution in [0.2, 0.25) is 0 Å². The van der Waals surface area contributed by atoms with E-state index in [4.69, 9.17) is 0 Å². The van der Waals surface area contributed by atoms with Crippen LogP contribution in [0.4, 0.5) is 0 Å². The molecule has 0 radical (unpaired) electrons. The van der Waals surface area contributed by atoms with Crippen molar-refractivity contribution >= 4 is 0 Å². The van der Waals surface area contributed by atoms with Crippen molar-refractivity contribution in [1.29, 1.82) is 0 Å². The molecule has 5 aliphatic carbocycles. The van der Waals surface area contributed by atoms with Crippen molar-refractivity contribution in [2.75, 3.05) is 6.54 Å². The summed E-state index contributed by atoms with van der Waals surface area (Å²) in [6, 6.07) is 0. The summed E-state index contributed by atoms with van der Waals surface area (Å²) < 4.78 is 0. The van der Waals surface area contributed by atoms with Crippen molar-refractivity contribution < 1.29 is 5.11 Å². The van der Waals surface area contributed by atoms with Crippen LogP contribution in [0.25, 0.3) is 0 Å². The van der Waals surface area contributed by atoms with E-state index in [9.17, 15) is 5.11 Å². The third-order valence-corrected chi connectivity index (χ3v) is 6.86. The van der Waals surface area contributed by atoms with Gasteiger partial charge in [-0.25, -0.2) is 0 Å². The molecular weight excluding hydrogens is 246 g/mol. The van der Waals surface area contributed by atoms with Crippen molar-refractivity contribution in [3.8, 4) is 0 Å². The average molecular weight is 277 g/mol. The first kappa shape index (κ1) is 13.6. The molecule has 4 bridgehead atoms. The minimum atomic E-state index is -0.403. The molecular formula is C18H31NO. The smallest absolute Gasteiger partial charge is 0.0771 e. The summed E-state index contributed by atoms with van der Waals surface area (Å²) in [4.78, 5) is 0. The van der Waals surface area contributed by atoms with E-state index in [0.29, 0.717) is 5.54 Å². The van der Waals surface area contributed by atoms with Crippen LogP contribution in [0.1, 0.15) is 77.0 Å². The molecule has 2 nitrogen and oxygen atoms in total. The summed E-state index contributed by atoms with van der Waals surface area (Å²) >= 11 is 0. The van der Waals surface area contributed by atoms with Crippen LogP contribution in [-0.4, -0.2) is 22.8 Å². The molecule has 0 spiro atoms. The Morgan fingerprint density at radius 1 is 0.800 bits per heavy atom. The molecule has 2 heteroatoms. The maximum absolute atomic E-state index is 10.9. The highest BCUT2D eigenvalue weighted by molar-refractivity contribution is 5.07. The molecule has 2 N–H and O–H groups in total. The van der Waals surface area contributed by atoms with Crippen LogP contribution in [0.15, 0.2) is 0 Å². The van der Waals surface area contributed by atoms with Crippen molar-refractivity contribution in [2.24, 2.45) is 17.8 Å². The summed E-state index contributed by atoms with van der Waals surface area (Å²) in [5.74, 6) is 2.99. The summed E-state index contributed by atoms with van der Waals surface area (Å²) in [6.45, 7) is 0.860. The number of rotatable bonds is 3. The first-order valence-electron chi connectivity index (χ1n) is 9.12. The fourth-order valence-corrected chi connectivity index (χ4v) is 6.24. The van der Waals surface area contributed by atoms with E-state index >= 15 is 0 Å². The zero-order valence-electron chi connectivity index (χ0n) is 12.9. The van der Waals surface area contributed by atoms with Gasteiger partial charge in [0, 0.05) is 12.1 Å². The maximum Gasteiger partial charge on any atom is 0.0771 e. The van der Waals surface area contributed by atoms with Gasteiger partial charge in [-0.05, 0) is 69.1 Å². The second kappa shape index (κ2) is 4.98. The van der Waals surface area contributed by atoms with E-state index < -0.39 is 5.60 Å². The van der Waals surface area contributed by atoms with Gasteiger partial charge in [0.05, 0.1) is 5.60 Å². The molecule has 0 aromatic rings. The fraction of sp³-hybridized carbons (Fsp3) is 1.00. The molecule has 5 fully saturated rings. The molecule has 0 atom stereocenters. The van der Waals surface area contributed by atoms with Crippen molar-refractivity contribution in [3.63, 3.8) is 0 Å². The largest absolute Gasteiger partial charge is 0.389 e. The Bertz CT molecular complexity index is 321. The van der Waals surface area contributed by atoms with E-state index in [1.54, 1.807) is 0 Å². The first-order valence-corrected chi connectivity index (χ1v) is 9.12. The highest BCUT2D eigenvalue weighted by atomic mass is 16.3. The van der Waals surface area contributed by atoms with E-state index in [-0.39, 0.29) is 0 Å². The van der Waals surface area contributed by atoms with Crippen LogP contribution in [0, 0.1) is 17.8 Å². The number of hydrogen-bond acceptors (Lipinski definition) is 2. The molecule has 0 amide bonds. The van der Waals surface area contributed by atoms with Gasteiger partial charge in [-0.3, -0.25) is 0 Å². The molecule has 5 rings (SSSR count). The van der Waals surface area contributed by atoms with Gasteiger partial charge in [0.2, 0.25) is 0 Å². The highest BCUT2D eigenvalue weighted by Crippen LogP contribution is 2.55. The number of hydrogen-bond donors (Lipinski definition) is 2. The van der Waals surface area contributed by atoms with Crippen molar-refractivity contribution in [3.05, 3.63) is 0 Å². The quantitative estimate of drug-likeness (QED) is 0.772. The fourth-order valence-electron chi connectivity index (χ4n) is 6.24. The maximum atomic E-state index is 10.9. The van der Waals surface area contributed by atoms with Crippen LogP contribution in [0.3, 0.4) is 0 Å². The standard InChI is InChI=1S/C18H31NO/c20-18(5-3-1-2-4-6-18)13-19-17-10-14-7-15(11-17)9-16(8-14)12-17/h14-16,19-20H,1-13H2. The second-order valence-corrected chi connectivity index (χ2v) is 8.69. The van der Waals surface area contributed by atoms with Crippen LogP contribution < -0.4 is 5.32 Å². The lowest BCUT2D eigenvalue weighted by molar-refractivity contribution is -0.0414. The molecule has 0 aliphatic heterocycles. The normalized spacial score (nSPS) is 46.4. The van der Waals surface area contributed by atoms with Gasteiger partial charge in [-0.1, -0.05) is 25.7 Å². The van der Waals surface area contributed by atoms with Gasteiger partial charge in [-0.15, -0.1) is 0 Å². The molecule has 0 aromatic carbocycles. The topological polar surface area (TPSA) is 32.3 Å². The molecule has 0 aromatic heterocycles. The van der Waals surface area contributed by atoms with E-state index in [1.165, 1.54) is 64.2 Å². The Morgan fingerprint density at radius 2 is 1.30 bits per heavy atom. The van der Waals surface area contributed by atoms with Gasteiger partial charge in [0.1, 0.15) is 0 Å². The minimum absolute atomic E-state index is 0.403. The van der Waals surface area contributed by atoms with Gasteiger partial charge < -0.3 is 10.4 Å². The monoisotopic (exact) mass is 277 g/mol. The van der Waals surface area contributed by atoms with Crippen LogP contribution in [0.5, 0.6) is 0 Å². The summed E-state index contributed by atoms with van der Waals surface area (Å²) in [5, 5.41) is 14.8. The van der Waals surface area contributed by atoms with Gasteiger partial charge in [-0.2, -0.15) is 0 Å². The summed E-state index contributed by atoms with van der Waals surface area (Å²) in [5.41, 5.74) is 0.0105. The molecule has 5 aliphatic rings. The SMILES string of the molecule is OC1(CNC23CC4CC(CC(C4)C2)C3)CCCCCC1. The van der Waals surface area contributed by atoms with Crippen molar-refractivity contribution in [2.45, 2.75) is 88.2 Å². The first-order chi connectivity index (χ1) is 9.65. The van der Waals surface area contributed by atoms with E-state index in [0.717, 1.165) is 37.1 Å². The Hall–Kier alpha value is -0.0800. The lowest BCUT2D eigenvalue weighted by atomic mass is 9.53. The van der Waals surface area contributed by atoms with Crippen molar-refractivity contribution in [1.82, 2.24) is 5.32 Å². The zero-order valence-corrected chi connectivity index (χ0v) is 12.9.